The molecule has 0 aliphatic carbocycles. The first-order chi connectivity index (χ1) is 9.19. The van der Waals surface area contributed by atoms with E-state index in [-0.39, 0.29) is 0 Å². The molecule has 0 aliphatic heterocycles. The lowest BCUT2D eigenvalue weighted by Crippen LogP contribution is -2.04. The fourth-order valence-electron chi connectivity index (χ4n) is 1.61. The van der Waals surface area contributed by atoms with Crippen LogP contribution in [0.5, 0.6) is 5.75 Å². The van der Waals surface area contributed by atoms with Crippen LogP contribution in [-0.4, -0.2) is 16.8 Å². The van der Waals surface area contributed by atoms with Gasteiger partial charge in [-0.1, -0.05) is 13.8 Å². The summed E-state index contributed by atoms with van der Waals surface area (Å²) >= 11 is 0. The first-order valence-corrected chi connectivity index (χ1v) is 6.45. The van der Waals surface area contributed by atoms with Crippen LogP contribution in [0.2, 0.25) is 0 Å². The first kappa shape index (κ1) is 13.5. The molecule has 2 aromatic rings. The Bertz CT molecular complexity index is 506. The van der Waals surface area contributed by atoms with Crippen LogP contribution in [-0.2, 0) is 6.54 Å². The summed E-state index contributed by atoms with van der Waals surface area (Å²) in [5.74, 6) is 1.40. The second-order valence-corrected chi connectivity index (χ2v) is 4.84. The van der Waals surface area contributed by atoms with Crippen LogP contribution in [0, 0.1) is 5.92 Å². The molecule has 1 aromatic heterocycles. The van der Waals surface area contributed by atoms with Crippen molar-refractivity contribution < 1.29 is 4.74 Å². The van der Waals surface area contributed by atoms with Gasteiger partial charge in [-0.05, 0) is 42.3 Å². The third-order valence-corrected chi connectivity index (χ3v) is 2.66. The van der Waals surface area contributed by atoms with Crippen LogP contribution in [0.1, 0.15) is 19.5 Å². The van der Waals surface area contributed by atoms with Crippen LogP contribution in [0.25, 0.3) is 11.3 Å². The Morgan fingerprint density at radius 3 is 2.32 bits per heavy atom. The van der Waals surface area contributed by atoms with Gasteiger partial charge in [-0.2, -0.15) is 10.2 Å². The van der Waals surface area contributed by atoms with Crippen molar-refractivity contribution in [3.05, 3.63) is 42.1 Å². The Balaban J connectivity index is 2.08. The Kier molecular flexibility index (Phi) is 4.47. The fourth-order valence-corrected chi connectivity index (χ4v) is 1.61. The lowest BCUT2D eigenvalue weighted by atomic mass is 10.1. The minimum atomic E-state index is 0.412. The van der Waals surface area contributed by atoms with E-state index >= 15 is 0 Å². The molecule has 0 amide bonds. The molecule has 0 saturated carbocycles. The maximum absolute atomic E-state index is 5.64. The minimum absolute atomic E-state index is 0.412. The van der Waals surface area contributed by atoms with Gasteiger partial charge in [0, 0.05) is 12.1 Å². The Labute approximate surface area is 113 Å². The maximum atomic E-state index is 5.64. The average Bonchev–Trinajstić information content (AvgIpc) is 2.46. The van der Waals surface area contributed by atoms with E-state index in [2.05, 4.69) is 24.0 Å². The zero-order valence-electron chi connectivity index (χ0n) is 11.3. The van der Waals surface area contributed by atoms with E-state index in [4.69, 9.17) is 10.5 Å². The molecular formula is C15H19N3O. The third-order valence-electron chi connectivity index (χ3n) is 2.66. The van der Waals surface area contributed by atoms with E-state index in [0.29, 0.717) is 12.5 Å². The van der Waals surface area contributed by atoms with E-state index in [0.717, 1.165) is 29.3 Å². The highest BCUT2D eigenvalue weighted by molar-refractivity contribution is 5.59. The SMILES string of the molecule is CC(C)COc1ccc(-c2ccc(CN)nn2)cc1. The number of hydrogen-bond acceptors (Lipinski definition) is 4. The van der Waals surface area contributed by atoms with Crippen molar-refractivity contribution in [2.45, 2.75) is 20.4 Å². The number of rotatable bonds is 5. The first-order valence-electron chi connectivity index (χ1n) is 6.45. The predicted molar refractivity (Wildman–Crippen MR) is 75.7 cm³/mol. The summed E-state index contributed by atoms with van der Waals surface area (Å²) in [6.07, 6.45) is 0. The molecule has 4 nitrogen and oxygen atoms in total. The van der Waals surface area contributed by atoms with Crippen molar-refractivity contribution in [3.8, 4) is 17.0 Å². The molecule has 1 heterocycles. The number of nitrogens with two attached hydrogens (primary N) is 1. The predicted octanol–water partition coefficient (Wildman–Crippen LogP) is 2.64. The highest BCUT2D eigenvalue weighted by atomic mass is 16.5. The summed E-state index contributed by atoms with van der Waals surface area (Å²) in [5, 5.41) is 8.20. The molecule has 4 heteroatoms. The molecule has 0 spiro atoms. The van der Waals surface area contributed by atoms with Crippen molar-refractivity contribution >= 4 is 0 Å². The third kappa shape index (κ3) is 3.76. The van der Waals surface area contributed by atoms with Crippen LogP contribution in [0.3, 0.4) is 0 Å². The number of nitrogens with zero attached hydrogens (tertiary/aromatic N) is 2. The summed E-state index contributed by atoms with van der Waals surface area (Å²) in [7, 11) is 0. The van der Waals surface area contributed by atoms with E-state index in [1.807, 2.05) is 36.4 Å². The number of ether oxygens (including phenoxy) is 1. The molecule has 19 heavy (non-hydrogen) atoms. The summed E-state index contributed by atoms with van der Waals surface area (Å²) in [5.41, 5.74) is 8.15. The second kappa shape index (κ2) is 6.29. The molecule has 0 unspecified atom stereocenters. The van der Waals surface area contributed by atoms with Gasteiger partial charge >= 0.3 is 0 Å². The molecule has 0 bridgehead atoms. The fraction of sp³-hybridized carbons (Fsp3) is 0.333. The highest BCUT2D eigenvalue weighted by Gasteiger charge is 2.02. The smallest absolute Gasteiger partial charge is 0.119 e. The van der Waals surface area contributed by atoms with Crippen molar-refractivity contribution in [1.29, 1.82) is 0 Å². The Hall–Kier alpha value is -1.94. The van der Waals surface area contributed by atoms with Crippen LogP contribution < -0.4 is 10.5 Å². The van der Waals surface area contributed by atoms with Crippen molar-refractivity contribution in [2.24, 2.45) is 11.7 Å². The van der Waals surface area contributed by atoms with Crippen LogP contribution in [0.4, 0.5) is 0 Å². The molecule has 0 atom stereocenters. The quantitative estimate of drug-likeness (QED) is 0.894. The van der Waals surface area contributed by atoms with Gasteiger partial charge in [-0.25, -0.2) is 0 Å². The average molecular weight is 257 g/mol. The Morgan fingerprint density at radius 1 is 1.05 bits per heavy atom. The largest absolute Gasteiger partial charge is 0.493 e. The van der Waals surface area contributed by atoms with Crippen molar-refractivity contribution in [3.63, 3.8) is 0 Å². The lowest BCUT2D eigenvalue weighted by molar-refractivity contribution is 0.271. The van der Waals surface area contributed by atoms with Gasteiger partial charge < -0.3 is 10.5 Å². The van der Waals surface area contributed by atoms with Gasteiger partial charge in [0.25, 0.3) is 0 Å². The zero-order valence-corrected chi connectivity index (χ0v) is 11.3. The highest BCUT2D eigenvalue weighted by Crippen LogP contribution is 2.20. The molecular weight excluding hydrogens is 238 g/mol. The Morgan fingerprint density at radius 2 is 1.79 bits per heavy atom. The standard InChI is InChI=1S/C15H19N3O/c1-11(2)10-19-14-6-3-12(4-7-14)15-8-5-13(9-16)17-18-15/h3-8,11H,9-10,16H2,1-2H3. The van der Waals surface area contributed by atoms with Gasteiger partial charge in [0.15, 0.2) is 0 Å². The van der Waals surface area contributed by atoms with E-state index in [1.165, 1.54) is 0 Å². The number of aromatic nitrogens is 2. The van der Waals surface area contributed by atoms with Gasteiger partial charge in [0.1, 0.15) is 5.75 Å². The molecule has 100 valence electrons. The zero-order chi connectivity index (χ0) is 13.7. The van der Waals surface area contributed by atoms with Crippen molar-refractivity contribution in [2.75, 3.05) is 6.61 Å². The molecule has 2 N–H and O–H groups in total. The molecule has 0 saturated heterocycles. The minimum Gasteiger partial charge on any atom is -0.493 e. The van der Waals surface area contributed by atoms with E-state index < -0.39 is 0 Å². The normalized spacial score (nSPS) is 10.7. The molecule has 0 fully saturated rings. The van der Waals surface area contributed by atoms with Gasteiger partial charge in [0.05, 0.1) is 18.0 Å². The monoisotopic (exact) mass is 257 g/mol. The van der Waals surface area contributed by atoms with E-state index in [1.54, 1.807) is 0 Å². The van der Waals surface area contributed by atoms with Gasteiger partial charge in [-0.3, -0.25) is 0 Å². The maximum Gasteiger partial charge on any atom is 0.119 e. The molecule has 1 aromatic carbocycles. The molecule has 0 radical (unpaired) electrons. The number of hydrogen-bond donors (Lipinski definition) is 1. The van der Waals surface area contributed by atoms with Crippen LogP contribution >= 0.6 is 0 Å². The summed E-state index contributed by atoms with van der Waals surface area (Å²) in [6.45, 7) is 5.39. The number of benzene rings is 1. The second-order valence-electron chi connectivity index (χ2n) is 4.84. The summed E-state index contributed by atoms with van der Waals surface area (Å²) in [4.78, 5) is 0. The topological polar surface area (TPSA) is 61.0 Å². The molecule has 2 rings (SSSR count). The van der Waals surface area contributed by atoms with Crippen molar-refractivity contribution in [1.82, 2.24) is 10.2 Å². The van der Waals surface area contributed by atoms with Gasteiger partial charge in [-0.15, -0.1) is 0 Å². The summed E-state index contributed by atoms with van der Waals surface area (Å²) in [6, 6.07) is 11.7. The van der Waals surface area contributed by atoms with Crippen LogP contribution in [0.15, 0.2) is 36.4 Å². The van der Waals surface area contributed by atoms with E-state index in [9.17, 15) is 0 Å². The van der Waals surface area contributed by atoms with Gasteiger partial charge in [0.2, 0.25) is 0 Å². The lowest BCUT2D eigenvalue weighted by Gasteiger charge is -2.09. The molecule has 0 aliphatic rings. The summed E-state index contributed by atoms with van der Waals surface area (Å²) < 4.78 is 5.64.